The molecule has 0 aliphatic carbocycles. The molecule has 4 heteroatoms. The summed E-state index contributed by atoms with van der Waals surface area (Å²) in [6.45, 7) is 5.89. The van der Waals surface area contributed by atoms with Gasteiger partial charge in [-0.15, -0.1) is 0 Å². The van der Waals surface area contributed by atoms with Gasteiger partial charge in [0.15, 0.2) is 0 Å². The number of benzene rings is 2. The molecule has 2 aromatic carbocycles. The largest absolute Gasteiger partial charge is 0.336 e. The number of hydrogen-bond acceptors (Lipinski definition) is 2. The first-order valence-corrected chi connectivity index (χ1v) is 8.16. The predicted octanol–water partition coefficient (Wildman–Crippen LogP) is 3.93. The molecule has 0 fully saturated rings. The lowest BCUT2D eigenvalue weighted by atomic mass is 10.1. The van der Waals surface area contributed by atoms with Crippen LogP contribution in [-0.2, 0) is 9.59 Å². The van der Waals surface area contributed by atoms with Crippen LogP contribution in [0, 0.1) is 6.92 Å². The van der Waals surface area contributed by atoms with Crippen molar-refractivity contribution in [3.05, 3.63) is 65.7 Å². The molecule has 0 radical (unpaired) electrons. The van der Waals surface area contributed by atoms with Gasteiger partial charge in [-0.2, -0.15) is 0 Å². The van der Waals surface area contributed by atoms with Gasteiger partial charge in [0.1, 0.15) is 0 Å². The second kappa shape index (κ2) is 8.29. The van der Waals surface area contributed by atoms with E-state index in [-0.39, 0.29) is 24.3 Å². The Morgan fingerprint density at radius 1 is 1.08 bits per heavy atom. The molecule has 2 amide bonds. The minimum Gasteiger partial charge on any atom is -0.336 e. The molecular formula is C20H24N2O2. The van der Waals surface area contributed by atoms with Crippen LogP contribution in [0.1, 0.15) is 37.4 Å². The van der Waals surface area contributed by atoms with Gasteiger partial charge in [-0.05, 0) is 37.1 Å². The molecule has 0 aliphatic heterocycles. The molecular weight excluding hydrogens is 300 g/mol. The van der Waals surface area contributed by atoms with Gasteiger partial charge < -0.3 is 10.2 Å². The van der Waals surface area contributed by atoms with Gasteiger partial charge in [0, 0.05) is 25.6 Å². The van der Waals surface area contributed by atoms with Crippen molar-refractivity contribution in [2.75, 3.05) is 11.9 Å². The van der Waals surface area contributed by atoms with Gasteiger partial charge in [-0.1, -0.05) is 42.5 Å². The SMILES string of the molecule is CC(=O)N(CCC(=O)Nc1cccc(C)c1)C(C)c1ccccc1. The number of nitrogens with zero attached hydrogens (tertiary/aromatic N) is 1. The third-order valence-corrected chi connectivity index (χ3v) is 4.04. The molecule has 24 heavy (non-hydrogen) atoms. The van der Waals surface area contributed by atoms with Crippen molar-refractivity contribution < 1.29 is 9.59 Å². The summed E-state index contributed by atoms with van der Waals surface area (Å²) in [6.07, 6.45) is 0.269. The van der Waals surface area contributed by atoms with E-state index in [4.69, 9.17) is 0 Å². The Kier molecular flexibility index (Phi) is 6.13. The van der Waals surface area contributed by atoms with E-state index < -0.39 is 0 Å². The van der Waals surface area contributed by atoms with Crippen LogP contribution in [0.5, 0.6) is 0 Å². The van der Waals surface area contributed by atoms with E-state index in [1.165, 1.54) is 6.92 Å². The van der Waals surface area contributed by atoms with Crippen LogP contribution >= 0.6 is 0 Å². The van der Waals surface area contributed by atoms with Gasteiger partial charge in [-0.3, -0.25) is 9.59 Å². The van der Waals surface area contributed by atoms with Crippen LogP contribution in [0.15, 0.2) is 54.6 Å². The molecule has 4 nitrogen and oxygen atoms in total. The summed E-state index contributed by atoms with van der Waals surface area (Å²) in [5.74, 6) is -0.123. The zero-order valence-electron chi connectivity index (χ0n) is 14.5. The van der Waals surface area contributed by atoms with Crippen LogP contribution in [0.25, 0.3) is 0 Å². The Morgan fingerprint density at radius 3 is 2.42 bits per heavy atom. The number of aryl methyl sites for hydroxylation is 1. The molecule has 0 aromatic heterocycles. The van der Waals surface area contributed by atoms with E-state index in [2.05, 4.69) is 5.32 Å². The second-order valence-corrected chi connectivity index (χ2v) is 5.97. The highest BCUT2D eigenvalue weighted by atomic mass is 16.2. The van der Waals surface area contributed by atoms with Gasteiger partial charge in [0.05, 0.1) is 6.04 Å². The Labute approximate surface area is 143 Å². The lowest BCUT2D eigenvalue weighted by Gasteiger charge is -2.28. The normalized spacial score (nSPS) is 11.6. The highest BCUT2D eigenvalue weighted by Crippen LogP contribution is 2.20. The van der Waals surface area contributed by atoms with Crippen molar-refractivity contribution in [2.24, 2.45) is 0 Å². The number of carbonyl (C=O) groups is 2. The average Bonchev–Trinajstić information content (AvgIpc) is 2.55. The van der Waals surface area contributed by atoms with E-state index in [0.29, 0.717) is 6.54 Å². The standard InChI is InChI=1S/C20H24N2O2/c1-15-8-7-11-19(14-15)21-20(24)12-13-22(17(3)23)16(2)18-9-5-4-6-10-18/h4-11,14,16H,12-13H2,1-3H3,(H,21,24). The lowest BCUT2D eigenvalue weighted by Crippen LogP contribution is -2.34. The van der Waals surface area contributed by atoms with Crippen LogP contribution in [0.4, 0.5) is 5.69 Å². The molecule has 0 saturated carbocycles. The van der Waals surface area contributed by atoms with Crippen LogP contribution in [-0.4, -0.2) is 23.3 Å². The molecule has 0 spiro atoms. The third kappa shape index (κ3) is 4.95. The molecule has 0 aliphatic rings. The van der Waals surface area contributed by atoms with Gasteiger partial charge in [-0.25, -0.2) is 0 Å². The first kappa shape index (κ1) is 17.7. The second-order valence-electron chi connectivity index (χ2n) is 5.97. The molecule has 1 unspecified atom stereocenters. The molecule has 1 N–H and O–H groups in total. The van der Waals surface area contributed by atoms with Crippen molar-refractivity contribution in [1.82, 2.24) is 4.90 Å². The molecule has 0 bridgehead atoms. The zero-order valence-corrected chi connectivity index (χ0v) is 14.5. The molecule has 0 heterocycles. The van der Waals surface area contributed by atoms with Crippen molar-refractivity contribution in [3.63, 3.8) is 0 Å². The first-order chi connectivity index (χ1) is 11.5. The minimum absolute atomic E-state index is 0.0327. The summed E-state index contributed by atoms with van der Waals surface area (Å²) < 4.78 is 0. The Morgan fingerprint density at radius 2 is 1.79 bits per heavy atom. The maximum atomic E-state index is 12.2. The molecule has 0 saturated heterocycles. The number of anilines is 1. The summed E-state index contributed by atoms with van der Waals surface area (Å²) in [5.41, 5.74) is 2.94. The van der Waals surface area contributed by atoms with Crippen LogP contribution in [0.2, 0.25) is 0 Å². The molecule has 2 rings (SSSR count). The first-order valence-electron chi connectivity index (χ1n) is 8.16. The van der Waals surface area contributed by atoms with E-state index in [0.717, 1.165) is 16.8 Å². The van der Waals surface area contributed by atoms with Gasteiger partial charge in [0.2, 0.25) is 11.8 Å². The van der Waals surface area contributed by atoms with Crippen molar-refractivity contribution in [1.29, 1.82) is 0 Å². The topological polar surface area (TPSA) is 49.4 Å². The number of hydrogen-bond donors (Lipinski definition) is 1. The summed E-state index contributed by atoms with van der Waals surface area (Å²) in [6, 6.07) is 17.5. The Bertz CT molecular complexity index is 698. The Hall–Kier alpha value is -2.62. The van der Waals surface area contributed by atoms with Gasteiger partial charge >= 0.3 is 0 Å². The predicted molar refractivity (Wildman–Crippen MR) is 96.7 cm³/mol. The van der Waals surface area contributed by atoms with E-state index >= 15 is 0 Å². The number of rotatable bonds is 6. The number of nitrogens with one attached hydrogen (secondary N) is 1. The average molecular weight is 324 g/mol. The number of carbonyl (C=O) groups excluding carboxylic acids is 2. The highest BCUT2D eigenvalue weighted by Gasteiger charge is 2.19. The van der Waals surface area contributed by atoms with Crippen LogP contribution < -0.4 is 5.32 Å². The summed E-state index contributed by atoms with van der Waals surface area (Å²) >= 11 is 0. The minimum atomic E-state index is -0.0906. The fourth-order valence-electron chi connectivity index (χ4n) is 2.70. The van der Waals surface area contributed by atoms with E-state index in [1.54, 1.807) is 4.90 Å². The van der Waals surface area contributed by atoms with Crippen molar-refractivity contribution in [2.45, 2.75) is 33.2 Å². The molecule has 1 atom stereocenters. The summed E-state index contributed by atoms with van der Waals surface area (Å²) in [4.78, 5) is 25.9. The third-order valence-electron chi connectivity index (χ3n) is 4.04. The van der Waals surface area contributed by atoms with E-state index in [9.17, 15) is 9.59 Å². The monoisotopic (exact) mass is 324 g/mol. The molecule has 2 aromatic rings. The van der Waals surface area contributed by atoms with Crippen molar-refractivity contribution >= 4 is 17.5 Å². The fourth-order valence-corrected chi connectivity index (χ4v) is 2.70. The Balaban J connectivity index is 1.96. The zero-order chi connectivity index (χ0) is 17.5. The maximum Gasteiger partial charge on any atom is 0.226 e. The number of amides is 2. The lowest BCUT2D eigenvalue weighted by molar-refractivity contribution is -0.131. The summed E-state index contributed by atoms with van der Waals surface area (Å²) in [7, 11) is 0. The van der Waals surface area contributed by atoms with Gasteiger partial charge in [0.25, 0.3) is 0 Å². The summed E-state index contributed by atoms with van der Waals surface area (Å²) in [5, 5.41) is 2.88. The fraction of sp³-hybridized carbons (Fsp3) is 0.300. The quantitative estimate of drug-likeness (QED) is 0.875. The maximum absolute atomic E-state index is 12.2. The molecule has 126 valence electrons. The van der Waals surface area contributed by atoms with Crippen molar-refractivity contribution in [3.8, 4) is 0 Å². The highest BCUT2D eigenvalue weighted by molar-refractivity contribution is 5.91. The smallest absolute Gasteiger partial charge is 0.226 e. The van der Waals surface area contributed by atoms with E-state index in [1.807, 2.05) is 68.4 Å². The van der Waals surface area contributed by atoms with Crippen LogP contribution in [0.3, 0.4) is 0 Å².